The van der Waals surface area contributed by atoms with Crippen LogP contribution in [0.15, 0.2) is 36.0 Å². The first-order valence-corrected chi connectivity index (χ1v) is 8.21. The molecule has 0 spiro atoms. The van der Waals surface area contributed by atoms with E-state index in [0.717, 1.165) is 26.6 Å². The zero-order valence-corrected chi connectivity index (χ0v) is 13.2. The van der Waals surface area contributed by atoms with Gasteiger partial charge in [0.25, 0.3) is 0 Å². The lowest BCUT2D eigenvalue weighted by Crippen LogP contribution is -2.20. The van der Waals surface area contributed by atoms with Gasteiger partial charge in [0, 0.05) is 29.1 Å². The molecule has 0 radical (unpaired) electrons. The molecule has 1 aromatic carbocycles. The number of halogens is 1. The van der Waals surface area contributed by atoms with Gasteiger partial charge in [-0.15, -0.1) is 11.3 Å². The fourth-order valence-corrected chi connectivity index (χ4v) is 3.64. The van der Waals surface area contributed by atoms with Gasteiger partial charge in [-0.2, -0.15) is 0 Å². The van der Waals surface area contributed by atoms with E-state index in [1.54, 1.807) is 17.7 Å². The smallest absolute Gasteiger partial charge is 0.141 e. The average Bonchev–Trinajstić information content (AvgIpc) is 3.27. The molecular formula is C16H14ClN3S. The number of fused-ring (bicyclic) bond motifs is 1. The summed E-state index contributed by atoms with van der Waals surface area (Å²) in [5, 5.41) is 4.07. The van der Waals surface area contributed by atoms with E-state index in [9.17, 15) is 0 Å². The van der Waals surface area contributed by atoms with E-state index >= 15 is 0 Å². The maximum atomic E-state index is 5.99. The van der Waals surface area contributed by atoms with Gasteiger partial charge in [0.15, 0.2) is 0 Å². The van der Waals surface area contributed by atoms with Crippen LogP contribution in [0.2, 0.25) is 5.02 Å². The van der Waals surface area contributed by atoms with E-state index < -0.39 is 0 Å². The summed E-state index contributed by atoms with van der Waals surface area (Å²) in [4.78, 5) is 12.3. The highest BCUT2D eigenvalue weighted by atomic mass is 35.5. The number of hydrogen-bond donors (Lipinski definition) is 0. The molecule has 5 heteroatoms. The van der Waals surface area contributed by atoms with Crippen molar-refractivity contribution in [3.63, 3.8) is 0 Å². The summed E-state index contributed by atoms with van der Waals surface area (Å²) >= 11 is 7.66. The largest absolute Gasteiger partial charge is 0.356 e. The highest BCUT2D eigenvalue weighted by Gasteiger charge is 2.29. The van der Waals surface area contributed by atoms with E-state index in [4.69, 9.17) is 11.6 Å². The number of thiophene rings is 1. The van der Waals surface area contributed by atoms with Crippen LogP contribution in [-0.2, 0) is 0 Å². The first kappa shape index (κ1) is 13.0. The van der Waals surface area contributed by atoms with E-state index in [0.29, 0.717) is 6.04 Å². The van der Waals surface area contributed by atoms with Crippen molar-refractivity contribution in [2.24, 2.45) is 0 Å². The van der Waals surface area contributed by atoms with Crippen LogP contribution in [0.5, 0.6) is 0 Å². The van der Waals surface area contributed by atoms with Crippen LogP contribution in [0.25, 0.3) is 21.3 Å². The van der Waals surface area contributed by atoms with Gasteiger partial charge in [-0.3, -0.25) is 0 Å². The Morgan fingerprint density at radius 3 is 2.67 bits per heavy atom. The third-order valence-electron chi connectivity index (χ3n) is 3.93. The molecule has 2 heterocycles. The van der Waals surface area contributed by atoms with Crippen molar-refractivity contribution in [2.45, 2.75) is 18.9 Å². The Balaban J connectivity index is 1.91. The molecule has 0 unspecified atom stereocenters. The molecule has 1 aliphatic carbocycles. The van der Waals surface area contributed by atoms with E-state index in [1.165, 1.54) is 18.4 Å². The van der Waals surface area contributed by atoms with Crippen molar-refractivity contribution in [1.29, 1.82) is 0 Å². The quantitative estimate of drug-likeness (QED) is 0.706. The van der Waals surface area contributed by atoms with Crippen LogP contribution in [0.4, 0.5) is 5.82 Å². The molecule has 0 saturated heterocycles. The summed E-state index contributed by atoms with van der Waals surface area (Å²) in [7, 11) is 2.13. The molecule has 0 amide bonds. The Bertz CT molecular complexity index is 793. The lowest BCUT2D eigenvalue weighted by atomic mass is 10.1. The fraction of sp³-hybridized carbons (Fsp3) is 0.250. The van der Waals surface area contributed by atoms with Crippen molar-refractivity contribution < 1.29 is 0 Å². The number of rotatable bonds is 3. The predicted octanol–water partition coefficient (Wildman–Crippen LogP) is 4.61. The number of hydrogen-bond acceptors (Lipinski definition) is 4. The number of aromatic nitrogens is 2. The SMILES string of the molecule is CN(c1ncnc2scc(-c3ccc(Cl)cc3)c12)C1CC1. The van der Waals surface area contributed by atoms with Crippen LogP contribution < -0.4 is 4.90 Å². The van der Waals surface area contributed by atoms with Crippen LogP contribution >= 0.6 is 22.9 Å². The first-order chi connectivity index (χ1) is 10.2. The van der Waals surface area contributed by atoms with Crippen molar-refractivity contribution in [3.8, 4) is 11.1 Å². The van der Waals surface area contributed by atoms with E-state index in [2.05, 4.69) is 39.4 Å². The first-order valence-electron chi connectivity index (χ1n) is 6.95. The lowest BCUT2D eigenvalue weighted by Gasteiger charge is -2.18. The molecule has 3 nitrogen and oxygen atoms in total. The maximum absolute atomic E-state index is 5.99. The summed E-state index contributed by atoms with van der Waals surface area (Å²) in [5.74, 6) is 1.04. The Labute approximate surface area is 132 Å². The lowest BCUT2D eigenvalue weighted by molar-refractivity contribution is 0.895. The summed E-state index contributed by atoms with van der Waals surface area (Å²) < 4.78 is 0. The van der Waals surface area contributed by atoms with Crippen LogP contribution in [-0.4, -0.2) is 23.1 Å². The van der Waals surface area contributed by atoms with Crippen molar-refractivity contribution >= 4 is 39.0 Å². The van der Waals surface area contributed by atoms with Gasteiger partial charge in [0.1, 0.15) is 17.0 Å². The highest BCUT2D eigenvalue weighted by molar-refractivity contribution is 7.17. The standard InChI is InChI=1S/C16H14ClN3S/c1-20(12-6-7-12)15-14-13(8-21-16(14)19-9-18-15)10-2-4-11(17)5-3-10/h2-5,8-9,12H,6-7H2,1H3. The summed E-state index contributed by atoms with van der Waals surface area (Å²) in [6, 6.07) is 8.58. The molecule has 0 bridgehead atoms. The van der Waals surface area contributed by atoms with Gasteiger partial charge in [0.2, 0.25) is 0 Å². The van der Waals surface area contributed by atoms with E-state index in [1.807, 2.05) is 12.1 Å². The topological polar surface area (TPSA) is 29.0 Å². The summed E-state index contributed by atoms with van der Waals surface area (Å²) in [5.41, 5.74) is 2.35. The third-order valence-corrected chi connectivity index (χ3v) is 5.07. The predicted molar refractivity (Wildman–Crippen MR) is 89.3 cm³/mol. The van der Waals surface area contributed by atoms with Crippen LogP contribution in [0.3, 0.4) is 0 Å². The number of anilines is 1. The number of nitrogens with zero attached hydrogens (tertiary/aromatic N) is 3. The molecule has 0 aliphatic heterocycles. The molecule has 4 rings (SSSR count). The Hall–Kier alpha value is -1.65. The van der Waals surface area contributed by atoms with Gasteiger partial charge >= 0.3 is 0 Å². The van der Waals surface area contributed by atoms with Crippen molar-refractivity contribution in [3.05, 3.63) is 41.0 Å². The minimum atomic E-state index is 0.626. The van der Waals surface area contributed by atoms with Gasteiger partial charge in [-0.1, -0.05) is 23.7 Å². The molecular weight excluding hydrogens is 302 g/mol. The highest BCUT2D eigenvalue weighted by Crippen LogP contribution is 2.40. The Kier molecular flexibility index (Phi) is 3.08. The monoisotopic (exact) mass is 315 g/mol. The fourth-order valence-electron chi connectivity index (χ4n) is 2.60. The average molecular weight is 316 g/mol. The van der Waals surface area contributed by atoms with E-state index in [-0.39, 0.29) is 0 Å². The number of benzene rings is 1. The molecule has 1 saturated carbocycles. The molecule has 2 aromatic heterocycles. The second-order valence-corrected chi connectivity index (χ2v) is 6.67. The minimum Gasteiger partial charge on any atom is -0.356 e. The van der Waals surface area contributed by atoms with Gasteiger partial charge in [0.05, 0.1) is 5.39 Å². The van der Waals surface area contributed by atoms with Crippen LogP contribution in [0, 0.1) is 0 Å². The Morgan fingerprint density at radius 1 is 1.19 bits per heavy atom. The van der Waals surface area contributed by atoms with Gasteiger partial charge in [-0.25, -0.2) is 9.97 Å². The molecule has 21 heavy (non-hydrogen) atoms. The molecule has 1 aliphatic rings. The maximum Gasteiger partial charge on any atom is 0.141 e. The van der Waals surface area contributed by atoms with Gasteiger partial charge < -0.3 is 4.90 Å². The molecule has 0 atom stereocenters. The Morgan fingerprint density at radius 2 is 1.95 bits per heavy atom. The third kappa shape index (κ3) is 2.28. The second kappa shape index (κ2) is 4.97. The second-order valence-electron chi connectivity index (χ2n) is 5.38. The van der Waals surface area contributed by atoms with Crippen LogP contribution in [0.1, 0.15) is 12.8 Å². The molecule has 0 N–H and O–H groups in total. The zero-order chi connectivity index (χ0) is 14.4. The summed E-state index contributed by atoms with van der Waals surface area (Å²) in [6.45, 7) is 0. The molecule has 1 fully saturated rings. The minimum absolute atomic E-state index is 0.626. The van der Waals surface area contributed by atoms with Gasteiger partial charge in [-0.05, 0) is 30.5 Å². The van der Waals surface area contributed by atoms with Crippen molar-refractivity contribution in [1.82, 2.24) is 9.97 Å². The summed E-state index contributed by atoms with van der Waals surface area (Å²) in [6.07, 6.45) is 4.17. The zero-order valence-electron chi connectivity index (χ0n) is 11.6. The molecule has 3 aromatic rings. The normalized spacial score (nSPS) is 14.6. The molecule has 106 valence electrons. The van der Waals surface area contributed by atoms with Crippen molar-refractivity contribution in [2.75, 3.05) is 11.9 Å².